The predicted octanol–water partition coefficient (Wildman–Crippen LogP) is 2.44. The van der Waals surface area contributed by atoms with E-state index in [4.69, 9.17) is 4.74 Å². The van der Waals surface area contributed by atoms with E-state index in [2.05, 4.69) is 0 Å². The molecular formula is C17H13NO4. The second kappa shape index (κ2) is 5.11. The summed E-state index contributed by atoms with van der Waals surface area (Å²) < 4.78 is 5.28. The first-order valence-electron chi connectivity index (χ1n) is 6.72. The number of rotatable bonds is 2. The summed E-state index contributed by atoms with van der Waals surface area (Å²) in [5.41, 5.74) is 1.74. The number of carbonyl (C=O) groups is 3. The summed E-state index contributed by atoms with van der Waals surface area (Å²) in [6, 6.07) is 11.5. The van der Waals surface area contributed by atoms with Crippen LogP contribution in [-0.4, -0.2) is 29.7 Å². The van der Waals surface area contributed by atoms with E-state index in [1.54, 1.807) is 18.2 Å². The van der Waals surface area contributed by atoms with Gasteiger partial charge in [-0.1, -0.05) is 12.1 Å². The van der Waals surface area contributed by atoms with Crippen molar-refractivity contribution in [2.75, 3.05) is 7.05 Å². The minimum absolute atomic E-state index is 0.228. The number of imide groups is 1. The number of benzene rings is 2. The molecule has 0 bridgehead atoms. The lowest BCUT2D eigenvalue weighted by Gasteiger charge is -2.05. The second-order valence-electron chi connectivity index (χ2n) is 5.14. The fourth-order valence-corrected chi connectivity index (χ4v) is 2.33. The Hall–Kier alpha value is -2.95. The number of hydrogen-bond acceptors (Lipinski definition) is 4. The van der Waals surface area contributed by atoms with Gasteiger partial charge in [0, 0.05) is 7.05 Å². The van der Waals surface area contributed by atoms with Gasteiger partial charge >= 0.3 is 5.97 Å². The molecule has 2 aromatic carbocycles. The number of fused-ring (bicyclic) bond motifs is 1. The van der Waals surface area contributed by atoms with E-state index < -0.39 is 11.9 Å². The molecule has 110 valence electrons. The highest BCUT2D eigenvalue weighted by Crippen LogP contribution is 2.23. The largest absolute Gasteiger partial charge is 0.423 e. The molecule has 5 heteroatoms. The number of hydrogen-bond donors (Lipinski definition) is 0. The van der Waals surface area contributed by atoms with Crippen LogP contribution in [0.5, 0.6) is 5.75 Å². The van der Waals surface area contributed by atoms with Gasteiger partial charge in [0.1, 0.15) is 5.75 Å². The summed E-state index contributed by atoms with van der Waals surface area (Å²) in [6.45, 7) is 1.90. The standard InChI is InChI=1S/C17H13NO4/c1-10-4-3-5-12(8-10)22-17(21)11-6-7-13-14(9-11)16(20)18(2)15(13)19/h3-9H,1-2H3. The van der Waals surface area contributed by atoms with Crippen molar-refractivity contribution in [1.29, 1.82) is 0 Å². The molecule has 0 saturated heterocycles. The van der Waals surface area contributed by atoms with E-state index >= 15 is 0 Å². The summed E-state index contributed by atoms with van der Waals surface area (Å²) >= 11 is 0. The highest BCUT2D eigenvalue weighted by Gasteiger charge is 2.33. The van der Waals surface area contributed by atoms with Gasteiger partial charge in [-0.25, -0.2) is 4.79 Å². The van der Waals surface area contributed by atoms with Gasteiger partial charge in [0.05, 0.1) is 16.7 Å². The first-order chi connectivity index (χ1) is 10.5. The van der Waals surface area contributed by atoms with Crippen LogP contribution >= 0.6 is 0 Å². The zero-order chi connectivity index (χ0) is 15.9. The van der Waals surface area contributed by atoms with Crippen LogP contribution < -0.4 is 4.74 Å². The molecule has 5 nitrogen and oxygen atoms in total. The fraction of sp³-hybridized carbons (Fsp3) is 0.118. The maximum absolute atomic E-state index is 12.2. The first-order valence-corrected chi connectivity index (χ1v) is 6.72. The highest BCUT2D eigenvalue weighted by atomic mass is 16.5. The van der Waals surface area contributed by atoms with Crippen molar-refractivity contribution >= 4 is 17.8 Å². The van der Waals surface area contributed by atoms with Gasteiger partial charge in [-0.3, -0.25) is 14.5 Å². The number of amides is 2. The van der Waals surface area contributed by atoms with Gasteiger partial charge in [0.15, 0.2) is 0 Å². The monoisotopic (exact) mass is 295 g/mol. The zero-order valence-electron chi connectivity index (χ0n) is 12.1. The molecular weight excluding hydrogens is 282 g/mol. The van der Waals surface area contributed by atoms with Crippen molar-refractivity contribution in [3.8, 4) is 5.75 Å². The summed E-state index contributed by atoms with van der Waals surface area (Å²) in [6.07, 6.45) is 0. The summed E-state index contributed by atoms with van der Waals surface area (Å²) in [5.74, 6) is -0.906. The maximum Gasteiger partial charge on any atom is 0.343 e. The van der Waals surface area contributed by atoms with E-state index in [9.17, 15) is 14.4 Å². The fourth-order valence-electron chi connectivity index (χ4n) is 2.33. The van der Waals surface area contributed by atoms with Gasteiger partial charge in [-0.15, -0.1) is 0 Å². The van der Waals surface area contributed by atoms with Gasteiger partial charge in [-0.05, 0) is 42.8 Å². The Bertz CT molecular complexity index is 810. The highest BCUT2D eigenvalue weighted by molar-refractivity contribution is 6.21. The molecule has 1 aliphatic heterocycles. The van der Waals surface area contributed by atoms with Gasteiger partial charge in [-0.2, -0.15) is 0 Å². The van der Waals surface area contributed by atoms with Crippen molar-refractivity contribution in [2.24, 2.45) is 0 Å². The quantitative estimate of drug-likeness (QED) is 0.485. The molecule has 0 saturated carbocycles. The van der Waals surface area contributed by atoms with Gasteiger partial charge < -0.3 is 4.74 Å². The SMILES string of the molecule is Cc1cccc(OC(=O)c2ccc3c(c2)C(=O)N(C)C3=O)c1. The van der Waals surface area contributed by atoms with Gasteiger partial charge in [0.2, 0.25) is 0 Å². The van der Waals surface area contributed by atoms with Crippen molar-refractivity contribution in [3.63, 3.8) is 0 Å². The molecule has 0 fully saturated rings. The van der Waals surface area contributed by atoms with Crippen LogP contribution in [0.25, 0.3) is 0 Å². The molecule has 2 amide bonds. The van der Waals surface area contributed by atoms with E-state index in [0.29, 0.717) is 11.3 Å². The van der Waals surface area contributed by atoms with Crippen molar-refractivity contribution in [3.05, 3.63) is 64.7 Å². The normalized spacial score (nSPS) is 13.3. The molecule has 3 rings (SSSR count). The van der Waals surface area contributed by atoms with Crippen LogP contribution in [0, 0.1) is 6.92 Å². The average molecular weight is 295 g/mol. The molecule has 0 atom stereocenters. The minimum Gasteiger partial charge on any atom is -0.423 e. The molecule has 1 heterocycles. The lowest BCUT2D eigenvalue weighted by molar-refractivity contribution is 0.0691. The third-order valence-corrected chi connectivity index (χ3v) is 3.53. The number of ether oxygens (including phenoxy) is 1. The first kappa shape index (κ1) is 14.0. The van der Waals surface area contributed by atoms with Crippen LogP contribution in [0.15, 0.2) is 42.5 Å². The molecule has 1 aliphatic rings. The second-order valence-corrected chi connectivity index (χ2v) is 5.14. The Labute approximate surface area is 127 Å². The topological polar surface area (TPSA) is 63.7 Å². The number of esters is 1. The third-order valence-electron chi connectivity index (χ3n) is 3.53. The Balaban J connectivity index is 1.89. The van der Waals surface area contributed by atoms with Crippen molar-refractivity contribution < 1.29 is 19.1 Å². The summed E-state index contributed by atoms with van der Waals surface area (Å²) in [7, 11) is 1.41. The summed E-state index contributed by atoms with van der Waals surface area (Å²) in [4.78, 5) is 36.9. The predicted molar refractivity (Wildman–Crippen MR) is 79.0 cm³/mol. The molecule has 0 unspecified atom stereocenters. The molecule has 0 N–H and O–H groups in total. The smallest absolute Gasteiger partial charge is 0.343 e. The van der Waals surface area contributed by atoms with E-state index in [1.165, 1.54) is 25.2 Å². The Kier molecular flexibility index (Phi) is 3.25. The van der Waals surface area contributed by atoms with Gasteiger partial charge in [0.25, 0.3) is 11.8 Å². The molecule has 2 aromatic rings. The van der Waals surface area contributed by atoms with Crippen molar-refractivity contribution in [1.82, 2.24) is 4.90 Å². The summed E-state index contributed by atoms with van der Waals surface area (Å²) in [5, 5.41) is 0. The molecule has 22 heavy (non-hydrogen) atoms. The Morgan fingerprint density at radius 2 is 1.73 bits per heavy atom. The maximum atomic E-state index is 12.2. The molecule has 0 aliphatic carbocycles. The minimum atomic E-state index is -0.566. The van der Waals surface area contributed by atoms with E-state index in [-0.39, 0.29) is 17.0 Å². The Morgan fingerprint density at radius 3 is 2.45 bits per heavy atom. The number of nitrogens with zero attached hydrogens (tertiary/aromatic N) is 1. The van der Waals surface area contributed by atoms with Crippen LogP contribution in [-0.2, 0) is 0 Å². The van der Waals surface area contributed by atoms with Crippen LogP contribution in [0.3, 0.4) is 0 Å². The Morgan fingerprint density at radius 1 is 1.00 bits per heavy atom. The van der Waals surface area contributed by atoms with E-state index in [1.807, 2.05) is 13.0 Å². The number of carbonyl (C=O) groups excluding carboxylic acids is 3. The molecule has 0 radical (unpaired) electrons. The number of aryl methyl sites for hydroxylation is 1. The van der Waals surface area contributed by atoms with Crippen LogP contribution in [0.4, 0.5) is 0 Å². The lowest BCUT2D eigenvalue weighted by Crippen LogP contribution is -2.24. The zero-order valence-corrected chi connectivity index (χ0v) is 12.1. The van der Waals surface area contributed by atoms with E-state index in [0.717, 1.165) is 10.5 Å². The van der Waals surface area contributed by atoms with Crippen molar-refractivity contribution in [2.45, 2.75) is 6.92 Å². The average Bonchev–Trinajstić information content (AvgIpc) is 2.72. The molecule has 0 aromatic heterocycles. The van der Waals surface area contributed by atoms with Crippen LogP contribution in [0.1, 0.15) is 36.6 Å². The van der Waals surface area contributed by atoms with Crippen LogP contribution in [0.2, 0.25) is 0 Å². The third kappa shape index (κ3) is 2.26. The lowest BCUT2D eigenvalue weighted by atomic mass is 10.1. The molecule has 0 spiro atoms.